The first kappa shape index (κ1) is 23.5. The second-order valence-corrected chi connectivity index (χ2v) is 10.1. The Kier molecular flexibility index (Phi) is 5.92. The van der Waals surface area contributed by atoms with E-state index >= 15 is 0 Å². The number of fused-ring (bicyclic) bond motifs is 3. The summed E-state index contributed by atoms with van der Waals surface area (Å²) < 4.78 is 7.34. The first-order valence-corrected chi connectivity index (χ1v) is 12.1. The van der Waals surface area contributed by atoms with Gasteiger partial charge in [0.2, 0.25) is 0 Å². The van der Waals surface area contributed by atoms with E-state index < -0.39 is 5.60 Å². The van der Waals surface area contributed by atoms with Gasteiger partial charge in [-0.15, -0.1) is 0 Å². The van der Waals surface area contributed by atoms with Crippen molar-refractivity contribution in [2.75, 3.05) is 18.4 Å². The number of carbonyl (C=O) groups is 1. The van der Waals surface area contributed by atoms with E-state index in [1.54, 1.807) is 23.2 Å². The summed E-state index contributed by atoms with van der Waals surface area (Å²) in [6, 6.07) is 9.48. The highest BCUT2D eigenvalue weighted by Gasteiger charge is 2.29. The molecule has 1 saturated heterocycles. The van der Waals surface area contributed by atoms with E-state index in [0.29, 0.717) is 37.2 Å². The van der Waals surface area contributed by atoms with E-state index in [1.165, 1.54) is 0 Å². The molecule has 2 aromatic heterocycles. The number of nitrogens with one attached hydrogen (secondary N) is 3. The first-order chi connectivity index (χ1) is 17.2. The largest absolute Gasteiger partial charge is 0.444 e. The Hall–Kier alpha value is -4.26. The number of dihydropyridines is 1. The molecule has 186 valence electrons. The molecule has 5 rings (SSSR count). The summed E-state index contributed by atoms with van der Waals surface area (Å²) in [5.41, 5.74) is 2.84. The summed E-state index contributed by atoms with van der Waals surface area (Å²) in [4.78, 5) is 29.9. The zero-order valence-corrected chi connectivity index (χ0v) is 20.5. The Labute approximate surface area is 208 Å². The van der Waals surface area contributed by atoms with Crippen molar-refractivity contribution in [3.8, 4) is 6.07 Å². The quantitative estimate of drug-likeness (QED) is 0.515. The number of hydrogen-bond donors (Lipinski definition) is 3. The summed E-state index contributed by atoms with van der Waals surface area (Å²) in [6.07, 6.45) is 6.20. The number of rotatable bonds is 3. The Balaban J connectivity index is 1.43. The standard InChI is InChI=1S/C26H29N7O3/c1-26(2,3)36-25(35)32-11-9-17(10-12-32)20-13-22(34)30-24-23-18(5-4-6-19(23)31-33(20)24)29-21-8-7-16(14-27)15-28-21/h4-8,13,15,17,21,28-29H,9-12H2,1-3H3,(H,30,34). The average Bonchev–Trinajstić information content (AvgIpc) is 3.22. The zero-order chi connectivity index (χ0) is 25.4. The van der Waals surface area contributed by atoms with Gasteiger partial charge < -0.3 is 25.3 Å². The Morgan fingerprint density at radius 1 is 1.28 bits per heavy atom. The fraction of sp³-hybridized carbons (Fsp3) is 0.385. The smallest absolute Gasteiger partial charge is 0.410 e. The van der Waals surface area contributed by atoms with Crippen LogP contribution in [0, 0.1) is 11.3 Å². The van der Waals surface area contributed by atoms with Crippen molar-refractivity contribution >= 4 is 28.3 Å². The van der Waals surface area contributed by atoms with Crippen LogP contribution in [0.3, 0.4) is 0 Å². The number of piperidine rings is 1. The van der Waals surface area contributed by atoms with Crippen LogP contribution in [-0.2, 0) is 4.74 Å². The van der Waals surface area contributed by atoms with E-state index in [4.69, 9.17) is 15.1 Å². The summed E-state index contributed by atoms with van der Waals surface area (Å²) in [6.45, 7) is 6.68. The molecule has 2 aliphatic rings. The fourth-order valence-corrected chi connectivity index (χ4v) is 4.69. The molecule has 1 amide bonds. The predicted molar refractivity (Wildman–Crippen MR) is 136 cm³/mol. The number of anilines is 1. The van der Waals surface area contributed by atoms with Gasteiger partial charge in [0.25, 0.3) is 5.56 Å². The monoisotopic (exact) mass is 487 g/mol. The fourth-order valence-electron chi connectivity index (χ4n) is 4.69. The van der Waals surface area contributed by atoms with Crippen LogP contribution in [0.2, 0.25) is 0 Å². The van der Waals surface area contributed by atoms with E-state index in [1.807, 2.05) is 49.6 Å². The van der Waals surface area contributed by atoms with Gasteiger partial charge in [-0.25, -0.2) is 9.31 Å². The molecule has 4 heterocycles. The molecule has 0 aliphatic carbocycles. The number of likely N-dealkylation sites (tertiary alicyclic amines) is 1. The van der Waals surface area contributed by atoms with Gasteiger partial charge in [0.05, 0.1) is 22.2 Å². The number of aromatic amines is 1. The molecule has 1 aromatic carbocycles. The third-order valence-electron chi connectivity index (χ3n) is 6.36. The van der Waals surface area contributed by atoms with Crippen LogP contribution >= 0.6 is 0 Å². The highest BCUT2D eigenvalue weighted by molar-refractivity contribution is 6.02. The van der Waals surface area contributed by atoms with Gasteiger partial charge in [-0.05, 0) is 57.9 Å². The Morgan fingerprint density at radius 3 is 2.72 bits per heavy atom. The third kappa shape index (κ3) is 4.64. The van der Waals surface area contributed by atoms with Crippen molar-refractivity contribution in [2.24, 2.45) is 0 Å². The van der Waals surface area contributed by atoms with Crippen LogP contribution in [-0.4, -0.2) is 50.4 Å². The number of benzene rings is 1. The number of carbonyl (C=O) groups excluding carboxylic acids is 1. The second kappa shape index (κ2) is 9.07. The lowest BCUT2D eigenvalue weighted by atomic mass is 9.93. The minimum Gasteiger partial charge on any atom is -0.444 e. The Bertz CT molecular complexity index is 1480. The lowest BCUT2D eigenvalue weighted by Gasteiger charge is -2.33. The first-order valence-electron chi connectivity index (χ1n) is 12.1. The SMILES string of the molecule is CC(C)(C)OC(=O)N1CCC(c2cc(=O)[nH]c3c4c(NC5C=CC(C#N)=CN5)cccc4nn23)CC1. The van der Waals surface area contributed by atoms with Crippen LogP contribution in [0.15, 0.2) is 53.0 Å². The molecule has 0 radical (unpaired) electrons. The van der Waals surface area contributed by atoms with Crippen molar-refractivity contribution in [1.82, 2.24) is 24.8 Å². The molecule has 0 bridgehead atoms. The molecular weight excluding hydrogens is 458 g/mol. The topological polar surface area (TPSA) is 128 Å². The van der Waals surface area contributed by atoms with Crippen LogP contribution in [0.1, 0.15) is 45.2 Å². The summed E-state index contributed by atoms with van der Waals surface area (Å²) in [7, 11) is 0. The molecule has 1 fully saturated rings. The summed E-state index contributed by atoms with van der Waals surface area (Å²) >= 11 is 0. The van der Waals surface area contributed by atoms with Gasteiger partial charge in [-0.2, -0.15) is 10.4 Å². The number of nitriles is 1. The number of aromatic nitrogens is 3. The molecule has 2 aliphatic heterocycles. The average molecular weight is 488 g/mol. The molecule has 0 spiro atoms. The predicted octanol–water partition coefficient (Wildman–Crippen LogP) is 3.60. The number of ether oxygens (including phenoxy) is 1. The highest BCUT2D eigenvalue weighted by atomic mass is 16.6. The molecule has 3 N–H and O–H groups in total. The minimum absolute atomic E-state index is 0.0803. The number of hydrogen-bond acceptors (Lipinski definition) is 7. The van der Waals surface area contributed by atoms with E-state index in [0.717, 1.165) is 22.3 Å². The molecule has 0 saturated carbocycles. The third-order valence-corrected chi connectivity index (χ3v) is 6.36. The van der Waals surface area contributed by atoms with E-state index in [2.05, 4.69) is 21.7 Å². The lowest BCUT2D eigenvalue weighted by Crippen LogP contribution is -2.41. The van der Waals surface area contributed by atoms with Gasteiger partial charge in [0.15, 0.2) is 0 Å². The van der Waals surface area contributed by atoms with Crippen LogP contribution in [0.25, 0.3) is 16.6 Å². The zero-order valence-electron chi connectivity index (χ0n) is 20.5. The second-order valence-electron chi connectivity index (χ2n) is 10.1. The number of amides is 1. The normalized spacial score (nSPS) is 18.6. The van der Waals surface area contributed by atoms with Gasteiger partial charge in [0, 0.05) is 37.0 Å². The summed E-state index contributed by atoms with van der Waals surface area (Å²) in [5, 5.41) is 21.2. The van der Waals surface area contributed by atoms with Crippen LogP contribution in [0.5, 0.6) is 0 Å². The van der Waals surface area contributed by atoms with Gasteiger partial charge >= 0.3 is 6.09 Å². The highest BCUT2D eigenvalue weighted by Crippen LogP contribution is 2.32. The molecule has 3 aromatic rings. The molecule has 1 unspecified atom stereocenters. The number of allylic oxidation sites excluding steroid dienone is 2. The lowest BCUT2D eigenvalue weighted by molar-refractivity contribution is 0.0203. The van der Waals surface area contributed by atoms with Gasteiger partial charge in [-0.3, -0.25) is 4.79 Å². The maximum Gasteiger partial charge on any atom is 0.410 e. The minimum atomic E-state index is -0.537. The van der Waals surface area contributed by atoms with Crippen molar-refractivity contribution in [1.29, 1.82) is 5.26 Å². The van der Waals surface area contributed by atoms with Crippen molar-refractivity contribution < 1.29 is 9.53 Å². The van der Waals surface area contributed by atoms with E-state index in [-0.39, 0.29) is 23.7 Å². The maximum absolute atomic E-state index is 12.7. The van der Waals surface area contributed by atoms with E-state index in [9.17, 15) is 9.59 Å². The van der Waals surface area contributed by atoms with Crippen LogP contribution in [0.4, 0.5) is 10.5 Å². The summed E-state index contributed by atoms with van der Waals surface area (Å²) in [5.74, 6) is 0.0803. The molecule has 36 heavy (non-hydrogen) atoms. The van der Waals surface area contributed by atoms with Gasteiger partial charge in [0.1, 0.15) is 23.5 Å². The number of nitrogens with zero attached hydrogens (tertiary/aromatic N) is 4. The van der Waals surface area contributed by atoms with Crippen molar-refractivity contribution in [3.63, 3.8) is 0 Å². The maximum atomic E-state index is 12.7. The number of H-pyrrole nitrogens is 1. The molecule has 1 atom stereocenters. The van der Waals surface area contributed by atoms with Crippen molar-refractivity contribution in [3.05, 3.63) is 64.2 Å². The van der Waals surface area contributed by atoms with Crippen LogP contribution < -0.4 is 16.2 Å². The molecular formula is C26H29N7O3. The molecule has 10 heteroatoms. The Morgan fingerprint density at radius 2 is 2.06 bits per heavy atom. The molecule has 10 nitrogen and oxygen atoms in total. The van der Waals surface area contributed by atoms with Gasteiger partial charge in [-0.1, -0.05) is 6.07 Å². The van der Waals surface area contributed by atoms with Crippen molar-refractivity contribution in [2.45, 2.75) is 51.3 Å².